The minimum Gasteiger partial charge on any atom is -0.346 e. The van der Waals surface area contributed by atoms with Gasteiger partial charge in [-0.15, -0.1) is 0 Å². The van der Waals surface area contributed by atoms with E-state index in [1.807, 2.05) is 20.8 Å². The SMILES string of the molecule is CC(C)[C@H](N)C(=O)NCC(=O)N(C)C(C)C(C)(C)C. The van der Waals surface area contributed by atoms with Crippen LogP contribution in [-0.4, -0.2) is 42.4 Å². The van der Waals surface area contributed by atoms with E-state index >= 15 is 0 Å². The fourth-order valence-electron chi connectivity index (χ4n) is 1.50. The Bertz CT molecular complexity index is 321. The van der Waals surface area contributed by atoms with E-state index < -0.39 is 6.04 Å². The maximum Gasteiger partial charge on any atom is 0.241 e. The number of carbonyl (C=O) groups excluding carboxylic acids is 2. The summed E-state index contributed by atoms with van der Waals surface area (Å²) in [5.74, 6) is -0.326. The molecular weight excluding hydrogens is 242 g/mol. The zero-order valence-electron chi connectivity index (χ0n) is 13.3. The number of amides is 2. The van der Waals surface area contributed by atoms with Crippen LogP contribution in [0.15, 0.2) is 0 Å². The van der Waals surface area contributed by atoms with Gasteiger partial charge in [0.25, 0.3) is 0 Å². The lowest BCUT2D eigenvalue weighted by atomic mass is 9.87. The summed E-state index contributed by atoms with van der Waals surface area (Å²) in [6, 6.07) is -0.478. The molecule has 0 aliphatic carbocycles. The van der Waals surface area contributed by atoms with Gasteiger partial charge in [-0.2, -0.15) is 0 Å². The minimum atomic E-state index is -0.571. The van der Waals surface area contributed by atoms with Crippen molar-refractivity contribution in [1.29, 1.82) is 0 Å². The lowest BCUT2D eigenvalue weighted by molar-refractivity contribution is -0.135. The average molecular weight is 271 g/mol. The van der Waals surface area contributed by atoms with Gasteiger partial charge >= 0.3 is 0 Å². The molecular formula is C14H29N3O2. The lowest BCUT2D eigenvalue weighted by Gasteiger charge is -2.35. The highest BCUT2D eigenvalue weighted by atomic mass is 16.2. The zero-order chi connectivity index (χ0) is 15.4. The van der Waals surface area contributed by atoms with Gasteiger partial charge in [0.05, 0.1) is 12.6 Å². The smallest absolute Gasteiger partial charge is 0.241 e. The summed E-state index contributed by atoms with van der Waals surface area (Å²) in [7, 11) is 1.76. The van der Waals surface area contributed by atoms with Gasteiger partial charge in [-0.25, -0.2) is 0 Å². The van der Waals surface area contributed by atoms with E-state index in [9.17, 15) is 9.59 Å². The molecule has 0 saturated carbocycles. The molecule has 2 amide bonds. The van der Waals surface area contributed by atoms with Crippen LogP contribution in [0, 0.1) is 11.3 Å². The van der Waals surface area contributed by atoms with Gasteiger partial charge in [-0.3, -0.25) is 9.59 Å². The highest BCUT2D eigenvalue weighted by Crippen LogP contribution is 2.22. The Morgan fingerprint density at radius 2 is 1.68 bits per heavy atom. The van der Waals surface area contributed by atoms with Crippen molar-refractivity contribution < 1.29 is 9.59 Å². The van der Waals surface area contributed by atoms with Gasteiger partial charge in [0.1, 0.15) is 0 Å². The van der Waals surface area contributed by atoms with E-state index in [2.05, 4.69) is 26.1 Å². The molecule has 0 heterocycles. The Balaban J connectivity index is 4.37. The fourth-order valence-corrected chi connectivity index (χ4v) is 1.50. The summed E-state index contributed by atoms with van der Waals surface area (Å²) in [6.07, 6.45) is 0. The first-order valence-electron chi connectivity index (χ1n) is 6.77. The Hall–Kier alpha value is -1.10. The molecule has 0 aliphatic rings. The number of nitrogens with two attached hydrogens (primary N) is 1. The Kier molecular flexibility index (Phi) is 6.49. The summed E-state index contributed by atoms with van der Waals surface area (Å²) in [5.41, 5.74) is 5.72. The molecule has 0 radical (unpaired) electrons. The van der Waals surface area contributed by atoms with Gasteiger partial charge in [0, 0.05) is 13.1 Å². The molecule has 5 nitrogen and oxygen atoms in total. The number of likely N-dealkylation sites (N-methyl/N-ethyl adjacent to an activating group) is 1. The maximum atomic E-state index is 12.0. The quantitative estimate of drug-likeness (QED) is 0.782. The second-order valence-electron chi connectivity index (χ2n) is 6.53. The Labute approximate surface area is 116 Å². The van der Waals surface area contributed by atoms with Crippen molar-refractivity contribution in [3.05, 3.63) is 0 Å². The Morgan fingerprint density at radius 3 is 2.05 bits per heavy atom. The van der Waals surface area contributed by atoms with Crippen molar-refractivity contribution in [2.75, 3.05) is 13.6 Å². The van der Waals surface area contributed by atoms with Crippen LogP contribution in [0.3, 0.4) is 0 Å². The molecule has 0 aliphatic heterocycles. The van der Waals surface area contributed by atoms with Crippen molar-refractivity contribution in [3.63, 3.8) is 0 Å². The van der Waals surface area contributed by atoms with Gasteiger partial charge in [0.2, 0.25) is 11.8 Å². The molecule has 112 valence electrons. The van der Waals surface area contributed by atoms with Crippen LogP contribution < -0.4 is 11.1 Å². The summed E-state index contributed by atoms with van der Waals surface area (Å²) < 4.78 is 0. The van der Waals surface area contributed by atoms with Gasteiger partial charge in [-0.05, 0) is 18.3 Å². The third-order valence-electron chi connectivity index (χ3n) is 3.66. The molecule has 0 bridgehead atoms. The molecule has 5 heteroatoms. The summed E-state index contributed by atoms with van der Waals surface area (Å²) in [5, 5.41) is 2.60. The van der Waals surface area contributed by atoms with Crippen LogP contribution in [0.4, 0.5) is 0 Å². The molecule has 0 aromatic heterocycles. The van der Waals surface area contributed by atoms with Crippen molar-refractivity contribution in [2.24, 2.45) is 17.1 Å². The molecule has 3 N–H and O–H groups in total. The molecule has 2 atom stereocenters. The zero-order valence-corrected chi connectivity index (χ0v) is 13.3. The van der Waals surface area contributed by atoms with Crippen LogP contribution in [0.5, 0.6) is 0 Å². The fraction of sp³-hybridized carbons (Fsp3) is 0.857. The molecule has 19 heavy (non-hydrogen) atoms. The molecule has 0 saturated heterocycles. The standard InChI is InChI=1S/C14H29N3O2/c1-9(2)12(15)13(19)16-8-11(18)17(7)10(3)14(4,5)6/h9-10,12H,8,15H2,1-7H3,(H,16,19)/t10?,12-/m0/s1. The van der Waals surface area contributed by atoms with Gasteiger partial charge in [-0.1, -0.05) is 34.6 Å². The lowest BCUT2D eigenvalue weighted by Crippen LogP contribution is -2.50. The predicted molar refractivity (Wildman–Crippen MR) is 77.5 cm³/mol. The van der Waals surface area contributed by atoms with E-state index in [1.54, 1.807) is 11.9 Å². The van der Waals surface area contributed by atoms with Crippen molar-refractivity contribution in [1.82, 2.24) is 10.2 Å². The summed E-state index contributed by atoms with van der Waals surface area (Å²) in [6.45, 7) is 12.0. The number of carbonyl (C=O) groups is 2. The van der Waals surface area contributed by atoms with Crippen LogP contribution in [0.2, 0.25) is 0 Å². The molecule has 0 spiro atoms. The number of hydrogen-bond donors (Lipinski definition) is 2. The predicted octanol–water partition coefficient (Wildman–Crippen LogP) is 0.979. The highest BCUT2D eigenvalue weighted by Gasteiger charge is 2.27. The topological polar surface area (TPSA) is 75.4 Å². The molecule has 0 aromatic carbocycles. The van der Waals surface area contributed by atoms with E-state index in [-0.39, 0.29) is 35.7 Å². The first-order chi connectivity index (χ1) is 8.48. The molecule has 0 aromatic rings. The second kappa shape index (κ2) is 6.89. The van der Waals surface area contributed by atoms with Gasteiger partial charge < -0.3 is 16.0 Å². The number of nitrogens with one attached hydrogen (secondary N) is 1. The van der Waals surface area contributed by atoms with Crippen LogP contribution in [0.1, 0.15) is 41.5 Å². The number of rotatable bonds is 5. The minimum absolute atomic E-state index is 0.00273. The van der Waals surface area contributed by atoms with Crippen molar-refractivity contribution in [2.45, 2.75) is 53.6 Å². The van der Waals surface area contributed by atoms with Crippen LogP contribution in [-0.2, 0) is 9.59 Å². The maximum absolute atomic E-state index is 12.0. The number of hydrogen-bond acceptors (Lipinski definition) is 3. The first-order valence-corrected chi connectivity index (χ1v) is 6.77. The first kappa shape index (κ1) is 17.9. The molecule has 0 rings (SSSR count). The molecule has 0 fully saturated rings. The summed E-state index contributed by atoms with van der Waals surface area (Å²) in [4.78, 5) is 25.3. The third kappa shape index (κ3) is 5.59. The Morgan fingerprint density at radius 1 is 1.21 bits per heavy atom. The van der Waals surface area contributed by atoms with Crippen LogP contribution >= 0.6 is 0 Å². The van der Waals surface area contributed by atoms with Gasteiger partial charge in [0.15, 0.2) is 0 Å². The van der Waals surface area contributed by atoms with Crippen molar-refractivity contribution in [3.8, 4) is 0 Å². The molecule has 1 unspecified atom stereocenters. The summed E-state index contributed by atoms with van der Waals surface area (Å²) >= 11 is 0. The normalized spacial score (nSPS) is 15.0. The van der Waals surface area contributed by atoms with Crippen molar-refractivity contribution >= 4 is 11.8 Å². The van der Waals surface area contributed by atoms with E-state index in [4.69, 9.17) is 5.73 Å². The number of nitrogens with zero attached hydrogens (tertiary/aromatic N) is 1. The van der Waals surface area contributed by atoms with Crippen LogP contribution in [0.25, 0.3) is 0 Å². The third-order valence-corrected chi connectivity index (χ3v) is 3.66. The largest absolute Gasteiger partial charge is 0.346 e. The van der Waals surface area contributed by atoms with E-state index in [0.29, 0.717) is 0 Å². The monoisotopic (exact) mass is 271 g/mol. The van der Waals surface area contributed by atoms with E-state index in [0.717, 1.165) is 0 Å². The van der Waals surface area contributed by atoms with E-state index in [1.165, 1.54) is 0 Å². The second-order valence-corrected chi connectivity index (χ2v) is 6.53. The average Bonchev–Trinajstić information content (AvgIpc) is 2.31. The highest BCUT2D eigenvalue weighted by molar-refractivity contribution is 5.87.